The number of hydrogen-bond acceptors (Lipinski definition) is 4. The van der Waals surface area contributed by atoms with Gasteiger partial charge in [-0.1, -0.05) is 35.5 Å². The van der Waals surface area contributed by atoms with Crippen LogP contribution in [0.1, 0.15) is 5.56 Å². The molecular weight excluding hydrogens is 190 g/mol. The van der Waals surface area contributed by atoms with E-state index in [9.17, 15) is 0 Å². The fourth-order valence-corrected chi connectivity index (χ4v) is 1.66. The second-order valence-corrected chi connectivity index (χ2v) is 3.50. The lowest BCUT2D eigenvalue weighted by atomic mass is 10.1. The molecule has 4 heteroatoms. The molecule has 0 fully saturated rings. The summed E-state index contributed by atoms with van der Waals surface area (Å²) >= 11 is 0. The molecule has 0 radical (unpaired) electrons. The lowest BCUT2D eigenvalue weighted by molar-refractivity contribution is 0.322. The molecule has 1 aromatic carbocycles. The predicted octanol–water partition coefficient (Wildman–Crippen LogP) is 1.06. The number of nitrogens with one attached hydrogen (secondary N) is 1. The van der Waals surface area contributed by atoms with Crippen LogP contribution in [0.5, 0.6) is 0 Å². The summed E-state index contributed by atoms with van der Waals surface area (Å²) in [6.45, 7) is 0.732. The zero-order chi connectivity index (χ0) is 10.5. The number of oxime groups is 1. The van der Waals surface area contributed by atoms with Crippen molar-refractivity contribution in [3.05, 3.63) is 35.9 Å². The zero-order valence-corrected chi connectivity index (χ0v) is 8.30. The van der Waals surface area contributed by atoms with E-state index in [1.165, 1.54) is 11.8 Å². The van der Waals surface area contributed by atoms with Crippen molar-refractivity contribution < 1.29 is 5.21 Å². The standard InChI is InChI=1S/C11H13N3O/c15-13-8-11-12-7-10(14-11)6-9-4-2-1-3-5-9/h1-5,8,10,15H,6-7H2,(H,12,14). The second-order valence-electron chi connectivity index (χ2n) is 3.50. The molecule has 1 atom stereocenters. The lowest BCUT2D eigenvalue weighted by Crippen LogP contribution is -2.32. The Bertz CT molecular complexity index is 373. The minimum atomic E-state index is 0.306. The van der Waals surface area contributed by atoms with Gasteiger partial charge in [0.2, 0.25) is 0 Å². The topological polar surface area (TPSA) is 57.0 Å². The van der Waals surface area contributed by atoms with E-state index in [1.54, 1.807) is 0 Å². The summed E-state index contributed by atoms with van der Waals surface area (Å²) in [4.78, 5) is 4.20. The van der Waals surface area contributed by atoms with Crippen molar-refractivity contribution in [1.29, 1.82) is 0 Å². The Labute approximate surface area is 88.3 Å². The van der Waals surface area contributed by atoms with E-state index in [0.717, 1.165) is 13.0 Å². The highest BCUT2D eigenvalue weighted by atomic mass is 16.4. The van der Waals surface area contributed by atoms with E-state index in [1.807, 2.05) is 18.2 Å². The molecule has 1 aromatic rings. The molecule has 0 aromatic heterocycles. The van der Waals surface area contributed by atoms with Gasteiger partial charge in [-0.25, -0.2) is 0 Å². The highest BCUT2D eigenvalue weighted by Gasteiger charge is 2.16. The van der Waals surface area contributed by atoms with Gasteiger partial charge in [-0.2, -0.15) is 0 Å². The predicted molar refractivity (Wildman–Crippen MR) is 59.7 cm³/mol. The van der Waals surface area contributed by atoms with Gasteiger partial charge in [0.05, 0.1) is 12.6 Å². The van der Waals surface area contributed by atoms with Crippen molar-refractivity contribution in [2.75, 3.05) is 6.54 Å². The number of rotatable bonds is 3. The average molecular weight is 203 g/mol. The molecule has 2 rings (SSSR count). The number of aliphatic imine (C=N–C) groups is 1. The molecule has 0 saturated carbocycles. The molecule has 1 unspecified atom stereocenters. The van der Waals surface area contributed by atoms with Crippen molar-refractivity contribution in [3.63, 3.8) is 0 Å². The summed E-state index contributed by atoms with van der Waals surface area (Å²) in [5, 5.41) is 14.5. The van der Waals surface area contributed by atoms with Crippen LogP contribution >= 0.6 is 0 Å². The smallest absolute Gasteiger partial charge is 0.143 e. The van der Waals surface area contributed by atoms with Crippen LogP contribution in [0.15, 0.2) is 40.5 Å². The molecule has 15 heavy (non-hydrogen) atoms. The van der Waals surface area contributed by atoms with Crippen molar-refractivity contribution in [2.24, 2.45) is 10.1 Å². The SMILES string of the molecule is ON=CC1=NCC(Cc2ccccc2)N1. The van der Waals surface area contributed by atoms with Gasteiger partial charge in [-0.3, -0.25) is 4.99 Å². The van der Waals surface area contributed by atoms with Crippen molar-refractivity contribution in [2.45, 2.75) is 12.5 Å². The Hall–Kier alpha value is -1.84. The van der Waals surface area contributed by atoms with Crippen LogP contribution in [-0.4, -0.2) is 29.8 Å². The molecule has 1 aliphatic heterocycles. The largest absolute Gasteiger partial charge is 0.411 e. The van der Waals surface area contributed by atoms with Crippen LogP contribution in [0.2, 0.25) is 0 Å². The van der Waals surface area contributed by atoms with Crippen LogP contribution < -0.4 is 5.32 Å². The van der Waals surface area contributed by atoms with E-state index in [2.05, 4.69) is 27.6 Å². The molecule has 1 heterocycles. The third-order valence-electron chi connectivity index (χ3n) is 2.34. The summed E-state index contributed by atoms with van der Waals surface area (Å²) in [6, 6.07) is 10.6. The summed E-state index contributed by atoms with van der Waals surface area (Å²) in [5.41, 5.74) is 1.28. The van der Waals surface area contributed by atoms with E-state index in [0.29, 0.717) is 11.9 Å². The lowest BCUT2D eigenvalue weighted by Gasteiger charge is -2.10. The quantitative estimate of drug-likeness (QED) is 0.438. The number of benzene rings is 1. The average Bonchev–Trinajstić information content (AvgIpc) is 2.68. The number of amidine groups is 1. The van der Waals surface area contributed by atoms with Gasteiger partial charge in [-0.15, -0.1) is 0 Å². The number of hydrogen-bond donors (Lipinski definition) is 2. The fraction of sp³-hybridized carbons (Fsp3) is 0.273. The molecule has 1 aliphatic rings. The monoisotopic (exact) mass is 203 g/mol. The summed E-state index contributed by atoms with van der Waals surface area (Å²) in [6.07, 6.45) is 2.26. The van der Waals surface area contributed by atoms with Gasteiger partial charge >= 0.3 is 0 Å². The van der Waals surface area contributed by atoms with Crippen molar-refractivity contribution in [3.8, 4) is 0 Å². The Kier molecular flexibility index (Phi) is 2.97. The molecule has 4 nitrogen and oxygen atoms in total. The van der Waals surface area contributed by atoms with Gasteiger partial charge in [0.1, 0.15) is 12.1 Å². The highest BCUT2D eigenvalue weighted by Crippen LogP contribution is 2.06. The highest BCUT2D eigenvalue weighted by molar-refractivity contribution is 6.29. The zero-order valence-electron chi connectivity index (χ0n) is 8.30. The van der Waals surface area contributed by atoms with E-state index >= 15 is 0 Å². The van der Waals surface area contributed by atoms with Gasteiger partial charge < -0.3 is 10.5 Å². The molecular formula is C11H13N3O. The maximum absolute atomic E-state index is 8.35. The summed E-state index contributed by atoms with van der Waals surface area (Å²) in [7, 11) is 0. The van der Waals surface area contributed by atoms with Crippen LogP contribution in [0, 0.1) is 0 Å². The van der Waals surface area contributed by atoms with Gasteiger partial charge in [0.15, 0.2) is 0 Å². The Morgan fingerprint density at radius 2 is 2.27 bits per heavy atom. The first-order valence-electron chi connectivity index (χ1n) is 4.91. The van der Waals surface area contributed by atoms with E-state index in [4.69, 9.17) is 5.21 Å². The molecule has 78 valence electrons. The third kappa shape index (κ3) is 2.56. The maximum Gasteiger partial charge on any atom is 0.143 e. The van der Waals surface area contributed by atoms with Crippen LogP contribution in [0.25, 0.3) is 0 Å². The third-order valence-corrected chi connectivity index (χ3v) is 2.34. The molecule has 0 amide bonds. The summed E-state index contributed by atoms with van der Waals surface area (Å²) < 4.78 is 0. The molecule has 0 bridgehead atoms. The Morgan fingerprint density at radius 1 is 1.47 bits per heavy atom. The first-order chi connectivity index (χ1) is 7.38. The summed E-state index contributed by atoms with van der Waals surface area (Å²) in [5.74, 6) is 0.651. The van der Waals surface area contributed by atoms with Crippen LogP contribution in [0.3, 0.4) is 0 Å². The Morgan fingerprint density at radius 3 is 3.00 bits per heavy atom. The van der Waals surface area contributed by atoms with Crippen molar-refractivity contribution in [1.82, 2.24) is 5.32 Å². The van der Waals surface area contributed by atoms with Gasteiger partial charge in [-0.05, 0) is 12.0 Å². The Balaban J connectivity index is 1.90. The van der Waals surface area contributed by atoms with Gasteiger partial charge in [0, 0.05) is 0 Å². The first kappa shape index (κ1) is 9.71. The van der Waals surface area contributed by atoms with E-state index < -0.39 is 0 Å². The molecule has 2 N–H and O–H groups in total. The van der Waals surface area contributed by atoms with Crippen LogP contribution in [-0.2, 0) is 6.42 Å². The van der Waals surface area contributed by atoms with Crippen LogP contribution in [0.4, 0.5) is 0 Å². The van der Waals surface area contributed by atoms with E-state index in [-0.39, 0.29) is 0 Å². The first-order valence-corrected chi connectivity index (χ1v) is 4.91. The van der Waals surface area contributed by atoms with Crippen molar-refractivity contribution >= 4 is 12.1 Å². The fourth-order valence-electron chi connectivity index (χ4n) is 1.66. The minimum absolute atomic E-state index is 0.306. The minimum Gasteiger partial charge on any atom is -0.411 e. The normalized spacial score (nSPS) is 20.3. The van der Waals surface area contributed by atoms with Gasteiger partial charge in [0.25, 0.3) is 0 Å². The maximum atomic E-state index is 8.35. The molecule has 0 saturated heterocycles. The molecule has 0 aliphatic carbocycles. The number of nitrogens with zero attached hydrogens (tertiary/aromatic N) is 2. The molecule has 0 spiro atoms. The second kappa shape index (κ2) is 4.59.